The first-order valence-electron chi connectivity index (χ1n) is 9.83. The normalized spacial score (nSPS) is 12.4. The zero-order valence-electron chi connectivity index (χ0n) is 16.9. The van der Waals surface area contributed by atoms with Crippen LogP contribution in [0.2, 0.25) is 0 Å². The van der Waals surface area contributed by atoms with Crippen molar-refractivity contribution in [2.24, 2.45) is 0 Å². The number of carbonyl (C=O) groups excluding carboxylic acids is 2. The number of aromatic nitrogens is 4. The molecule has 1 aliphatic heterocycles. The van der Waals surface area contributed by atoms with Gasteiger partial charge in [-0.05, 0) is 42.3 Å². The van der Waals surface area contributed by atoms with E-state index in [0.717, 1.165) is 5.69 Å². The number of fused-ring (bicyclic) bond motifs is 1. The Labute approximate surface area is 181 Å². The molecule has 0 unspecified atom stereocenters. The van der Waals surface area contributed by atoms with Gasteiger partial charge in [0.1, 0.15) is 11.6 Å². The summed E-state index contributed by atoms with van der Waals surface area (Å²) < 4.78 is 15.0. The summed E-state index contributed by atoms with van der Waals surface area (Å²) in [7, 11) is 0. The van der Waals surface area contributed by atoms with Crippen LogP contribution in [0.1, 0.15) is 21.6 Å². The number of nitrogens with one attached hydrogen (secondary N) is 5. The first-order chi connectivity index (χ1) is 15.5. The summed E-state index contributed by atoms with van der Waals surface area (Å²) in [5, 5.41) is 7.88. The summed E-state index contributed by atoms with van der Waals surface area (Å²) >= 11 is 0. The number of benzene rings is 2. The largest absolute Gasteiger partial charge is 0.348 e. The topological polar surface area (TPSA) is 128 Å². The highest BCUT2D eigenvalue weighted by Gasteiger charge is 2.28. The van der Waals surface area contributed by atoms with Gasteiger partial charge in [-0.15, -0.1) is 0 Å². The number of hydrogen-bond acceptors (Lipinski definition) is 4. The molecule has 1 aliphatic rings. The lowest BCUT2D eigenvalue weighted by atomic mass is 9.92. The minimum absolute atomic E-state index is 0.223. The quantitative estimate of drug-likeness (QED) is 0.337. The van der Waals surface area contributed by atoms with E-state index >= 15 is 4.39 Å². The van der Waals surface area contributed by atoms with Crippen LogP contribution in [0.5, 0.6) is 0 Å². The zero-order valence-corrected chi connectivity index (χ0v) is 16.9. The Morgan fingerprint density at radius 1 is 1.09 bits per heavy atom. The fraction of sp³-hybridized carbons (Fsp3) is 0.0909. The van der Waals surface area contributed by atoms with E-state index in [1.807, 2.05) is 6.92 Å². The average molecular weight is 431 g/mol. The smallest absolute Gasteiger partial charge is 0.326 e. The van der Waals surface area contributed by atoms with Crippen LogP contribution in [0.25, 0.3) is 22.5 Å². The van der Waals surface area contributed by atoms with Gasteiger partial charge in [0.25, 0.3) is 5.91 Å². The van der Waals surface area contributed by atoms with Crippen molar-refractivity contribution in [3.63, 3.8) is 0 Å². The van der Waals surface area contributed by atoms with Gasteiger partial charge in [-0.3, -0.25) is 10.1 Å². The first-order valence-corrected chi connectivity index (χ1v) is 9.83. The van der Waals surface area contributed by atoms with Crippen molar-refractivity contribution in [3.8, 4) is 22.5 Å². The Morgan fingerprint density at radius 3 is 2.62 bits per heavy atom. The SMILES string of the molecule is Cc1cnc(-c2ccc(-c3ccc(NC(=O)Nc4ncc[nH]4)cc3F)c3c2C(=O)NC3)[nH]1. The van der Waals surface area contributed by atoms with Crippen molar-refractivity contribution >= 4 is 23.6 Å². The van der Waals surface area contributed by atoms with Crippen LogP contribution in [0.15, 0.2) is 48.9 Å². The first kappa shape index (κ1) is 19.5. The van der Waals surface area contributed by atoms with E-state index in [9.17, 15) is 9.59 Å². The Bertz CT molecular complexity index is 1340. The van der Waals surface area contributed by atoms with Crippen molar-refractivity contribution in [1.82, 2.24) is 25.3 Å². The van der Waals surface area contributed by atoms with Crippen LogP contribution >= 0.6 is 0 Å². The van der Waals surface area contributed by atoms with Gasteiger partial charge in [-0.2, -0.15) is 0 Å². The molecule has 0 bridgehead atoms. The Balaban J connectivity index is 1.46. The second kappa shape index (κ2) is 7.65. The number of halogens is 1. The van der Waals surface area contributed by atoms with Crippen LogP contribution in [0, 0.1) is 12.7 Å². The summed E-state index contributed by atoms with van der Waals surface area (Å²) in [6.45, 7) is 2.17. The standard InChI is InChI=1S/C22H18FN7O2/c1-11-9-26-19(28-11)15-5-4-13(16-10-27-20(31)18(15)16)14-3-2-12(8-17(14)23)29-22(32)30-21-24-6-7-25-21/h2-9H,10H2,1H3,(H,26,28)(H,27,31)(H3,24,25,29,30,32). The number of urea groups is 1. The molecule has 10 heteroatoms. The number of amides is 3. The molecule has 3 heterocycles. The number of anilines is 2. The predicted octanol–water partition coefficient (Wildman–Crippen LogP) is 3.80. The van der Waals surface area contributed by atoms with Crippen LogP contribution in [0.4, 0.5) is 20.8 Å². The zero-order chi connectivity index (χ0) is 22.2. The molecule has 2 aromatic heterocycles. The van der Waals surface area contributed by atoms with Crippen molar-refractivity contribution in [3.05, 3.63) is 71.6 Å². The van der Waals surface area contributed by atoms with Crippen LogP contribution in [0.3, 0.4) is 0 Å². The number of imidazole rings is 2. The lowest BCUT2D eigenvalue weighted by Gasteiger charge is -2.13. The van der Waals surface area contributed by atoms with Crippen molar-refractivity contribution in [2.45, 2.75) is 13.5 Å². The molecule has 0 radical (unpaired) electrons. The molecule has 160 valence electrons. The molecule has 9 nitrogen and oxygen atoms in total. The number of aryl methyl sites for hydroxylation is 1. The number of H-pyrrole nitrogens is 2. The van der Waals surface area contributed by atoms with E-state index in [4.69, 9.17) is 0 Å². The molecule has 0 saturated carbocycles. The van der Waals surface area contributed by atoms with Crippen LogP contribution in [-0.2, 0) is 6.54 Å². The third kappa shape index (κ3) is 3.47. The molecule has 5 rings (SSSR count). The predicted molar refractivity (Wildman–Crippen MR) is 117 cm³/mol. The maximum atomic E-state index is 15.0. The van der Waals surface area contributed by atoms with Gasteiger partial charge in [-0.1, -0.05) is 6.07 Å². The average Bonchev–Trinajstić information content (AvgIpc) is 3.50. The third-order valence-electron chi connectivity index (χ3n) is 5.17. The molecule has 2 aromatic carbocycles. The van der Waals surface area contributed by atoms with Gasteiger partial charge in [0, 0.05) is 47.6 Å². The third-order valence-corrected chi connectivity index (χ3v) is 5.17. The van der Waals surface area contributed by atoms with Crippen molar-refractivity contribution < 1.29 is 14.0 Å². The molecule has 4 aromatic rings. The Hall–Kier alpha value is -4.47. The summed E-state index contributed by atoms with van der Waals surface area (Å²) in [6, 6.07) is 7.40. The van der Waals surface area contributed by atoms with E-state index in [2.05, 4.69) is 35.9 Å². The lowest BCUT2D eigenvalue weighted by molar-refractivity contribution is 0.0966. The van der Waals surface area contributed by atoms with Crippen LogP contribution in [-0.4, -0.2) is 31.9 Å². The number of carbonyl (C=O) groups is 2. The molecule has 0 fully saturated rings. The monoisotopic (exact) mass is 431 g/mol. The molecule has 3 amide bonds. The Kier molecular flexibility index (Phi) is 4.66. The van der Waals surface area contributed by atoms with E-state index in [0.29, 0.717) is 40.2 Å². The van der Waals surface area contributed by atoms with Gasteiger partial charge in [0.05, 0.1) is 5.56 Å². The van der Waals surface area contributed by atoms with E-state index < -0.39 is 11.8 Å². The van der Waals surface area contributed by atoms with Crippen molar-refractivity contribution in [1.29, 1.82) is 0 Å². The molecule has 32 heavy (non-hydrogen) atoms. The minimum Gasteiger partial charge on any atom is -0.348 e. The van der Waals surface area contributed by atoms with Gasteiger partial charge >= 0.3 is 6.03 Å². The summed E-state index contributed by atoms with van der Waals surface area (Å²) in [4.78, 5) is 38.7. The second-order valence-corrected chi connectivity index (χ2v) is 7.32. The van der Waals surface area contributed by atoms with Gasteiger partial charge in [0.15, 0.2) is 0 Å². The van der Waals surface area contributed by atoms with Gasteiger partial charge < -0.3 is 20.6 Å². The van der Waals surface area contributed by atoms with Gasteiger partial charge in [-0.25, -0.2) is 19.2 Å². The maximum Gasteiger partial charge on any atom is 0.326 e. The number of nitrogens with zero attached hydrogens (tertiary/aromatic N) is 2. The highest BCUT2D eigenvalue weighted by Crippen LogP contribution is 2.36. The van der Waals surface area contributed by atoms with Crippen molar-refractivity contribution in [2.75, 3.05) is 10.6 Å². The maximum absolute atomic E-state index is 15.0. The van der Waals surface area contributed by atoms with E-state index in [1.54, 1.807) is 36.7 Å². The van der Waals surface area contributed by atoms with Gasteiger partial charge in [0.2, 0.25) is 5.95 Å². The highest BCUT2D eigenvalue weighted by atomic mass is 19.1. The molecular formula is C22H18FN7O2. The second-order valence-electron chi connectivity index (χ2n) is 7.32. The number of hydrogen-bond donors (Lipinski definition) is 5. The molecule has 0 aliphatic carbocycles. The fourth-order valence-corrected chi connectivity index (χ4v) is 3.76. The number of aromatic amines is 2. The summed E-state index contributed by atoms with van der Waals surface area (Å²) in [5.74, 6) is 0.118. The fourth-order valence-electron chi connectivity index (χ4n) is 3.76. The molecule has 5 N–H and O–H groups in total. The molecular weight excluding hydrogens is 413 g/mol. The Morgan fingerprint density at radius 2 is 1.91 bits per heavy atom. The molecule has 0 saturated heterocycles. The lowest BCUT2D eigenvalue weighted by Crippen LogP contribution is -2.20. The highest BCUT2D eigenvalue weighted by molar-refractivity contribution is 6.06. The van der Waals surface area contributed by atoms with E-state index in [1.165, 1.54) is 12.3 Å². The molecule has 0 atom stereocenters. The number of rotatable bonds is 4. The van der Waals surface area contributed by atoms with E-state index in [-0.39, 0.29) is 17.5 Å². The minimum atomic E-state index is -0.555. The molecule has 0 spiro atoms. The summed E-state index contributed by atoms with van der Waals surface area (Å²) in [5.41, 5.74) is 3.95. The van der Waals surface area contributed by atoms with Crippen LogP contribution < -0.4 is 16.0 Å². The summed E-state index contributed by atoms with van der Waals surface area (Å²) in [6.07, 6.45) is 4.76.